The third-order valence-electron chi connectivity index (χ3n) is 4.24. The Morgan fingerprint density at radius 3 is 2.71 bits per heavy atom. The second kappa shape index (κ2) is 8.31. The van der Waals surface area contributed by atoms with Crippen molar-refractivity contribution in [3.63, 3.8) is 0 Å². The number of rotatable bonds is 5. The molecule has 3 rings (SSSR count). The van der Waals surface area contributed by atoms with Crippen molar-refractivity contribution < 1.29 is 19.4 Å². The zero-order valence-corrected chi connectivity index (χ0v) is 16.6. The Morgan fingerprint density at radius 2 is 2.00 bits per heavy atom. The number of likely N-dealkylation sites (N-methyl/N-ethyl adjacent to an activating group) is 1. The van der Waals surface area contributed by atoms with Gasteiger partial charge in [0.25, 0.3) is 5.91 Å². The fraction of sp³-hybridized carbons (Fsp3) is 0.190. The van der Waals surface area contributed by atoms with Gasteiger partial charge in [-0.3, -0.25) is 9.69 Å². The molecule has 1 N–H and O–H groups in total. The number of aliphatic carboxylic acids is 1. The Balaban J connectivity index is 1.83. The SMILES string of the molecule is Cc1ccc(N=C2SC(=Cc3cccc(OCC(=O)O)c3)C(=O)N2C)cc1C. The molecule has 0 aliphatic carbocycles. The lowest BCUT2D eigenvalue weighted by Gasteiger charge is -2.08. The van der Waals surface area contributed by atoms with Gasteiger partial charge in [-0.2, -0.15) is 0 Å². The van der Waals surface area contributed by atoms with Crippen LogP contribution < -0.4 is 4.74 Å². The van der Waals surface area contributed by atoms with Gasteiger partial charge in [-0.25, -0.2) is 9.79 Å². The molecule has 0 bridgehead atoms. The Bertz CT molecular complexity index is 998. The van der Waals surface area contributed by atoms with Crippen molar-refractivity contribution in [1.82, 2.24) is 4.90 Å². The van der Waals surface area contributed by atoms with E-state index in [0.29, 0.717) is 15.8 Å². The standard InChI is InChI=1S/C21H20N2O4S/c1-13-7-8-16(9-14(13)2)22-21-23(3)20(26)18(28-21)11-15-5-4-6-17(10-15)27-12-19(24)25/h4-11H,12H2,1-3H3,(H,24,25). The molecule has 0 aromatic heterocycles. The van der Waals surface area contributed by atoms with Gasteiger partial charge in [-0.1, -0.05) is 18.2 Å². The summed E-state index contributed by atoms with van der Waals surface area (Å²) in [4.78, 5) is 29.9. The predicted octanol–water partition coefficient (Wildman–Crippen LogP) is 4.00. The first-order chi connectivity index (χ1) is 13.3. The van der Waals surface area contributed by atoms with Crippen LogP contribution in [-0.4, -0.2) is 40.7 Å². The smallest absolute Gasteiger partial charge is 0.341 e. The van der Waals surface area contributed by atoms with Crippen molar-refractivity contribution in [2.75, 3.05) is 13.7 Å². The largest absolute Gasteiger partial charge is 0.482 e. The van der Waals surface area contributed by atoms with Crippen molar-refractivity contribution >= 4 is 40.6 Å². The molecule has 6 nitrogen and oxygen atoms in total. The number of amidine groups is 1. The van der Waals surface area contributed by atoms with Crippen LogP contribution in [0.3, 0.4) is 0 Å². The number of amides is 1. The number of carbonyl (C=O) groups is 2. The molecule has 144 valence electrons. The third kappa shape index (κ3) is 4.61. The number of nitrogens with zero attached hydrogens (tertiary/aromatic N) is 2. The zero-order chi connectivity index (χ0) is 20.3. The number of benzene rings is 2. The minimum Gasteiger partial charge on any atom is -0.482 e. The summed E-state index contributed by atoms with van der Waals surface area (Å²) in [7, 11) is 1.70. The van der Waals surface area contributed by atoms with E-state index in [-0.39, 0.29) is 5.91 Å². The van der Waals surface area contributed by atoms with Crippen molar-refractivity contribution in [3.8, 4) is 5.75 Å². The molecule has 0 unspecified atom stereocenters. The number of carboxylic acid groups (broad SMARTS) is 1. The topological polar surface area (TPSA) is 79.2 Å². The summed E-state index contributed by atoms with van der Waals surface area (Å²) < 4.78 is 5.19. The monoisotopic (exact) mass is 396 g/mol. The summed E-state index contributed by atoms with van der Waals surface area (Å²) in [5.41, 5.74) is 3.89. The highest BCUT2D eigenvalue weighted by Crippen LogP contribution is 2.33. The van der Waals surface area contributed by atoms with Crippen LogP contribution >= 0.6 is 11.8 Å². The molecule has 1 saturated heterocycles. The molecule has 1 aliphatic heterocycles. The van der Waals surface area contributed by atoms with Crippen LogP contribution in [0.5, 0.6) is 5.75 Å². The maximum absolute atomic E-state index is 12.6. The summed E-state index contributed by atoms with van der Waals surface area (Å²) in [6.45, 7) is 3.66. The van der Waals surface area contributed by atoms with E-state index < -0.39 is 12.6 Å². The van der Waals surface area contributed by atoms with Crippen LogP contribution in [-0.2, 0) is 9.59 Å². The van der Waals surface area contributed by atoms with Gasteiger partial charge in [0, 0.05) is 7.05 Å². The molecule has 1 aliphatic rings. The van der Waals surface area contributed by atoms with E-state index in [1.54, 1.807) is 31.3 Å². The van der Waals surface area contributed by atoms with Crippen molar-refractivity contribution in [3.05, 3.63) is 64.1 Å². The molecule has 0 spiro atoms. The van der Waals surface area contributed by atoms with Crippen LogP contribution in [0.25, 0.3) is 6.08 Å². The van der Waals surface area contributed by atoms with Gasteiger partial charge in [-0.15, -0.1) is 0 Å². The molecule has 1 amide bonds. The van der Waals surface area contributed by atoms with E-state index in [1.807, 2.05) is 38.1 Å². The quantitative estimate of drug-likeness (QED) is 0.773. The molecule has 1 fully saturated rings. The highest BCUT2D eigenvalue weighted by atomic mass is 32.2. The fourth-order valence-corrected chi connectivity index (χ4v) is 3.53. The lowest BCUT2D eigenvalue weighted by Crippen LogP contribution is -2.23. The number of aryl methyl sites for hydroxylation is 2. The molecule has 1 heterocycles. The van der Waals surface area contributed by atoms with Gasteiger partial charge >= 0.3 is 5.97 Å². The Labute approximate surface area is 167 Å². The maximum Gasteiger partial charge on any atom is 0.341 e. The van der Waals surface area contributed by atoms with E-state index in [1.165, 1.54) is 22.2 Å². The van der Waals surface area contributed by atoms with E-state index in [2.05, 4.69) is 4.99 Å². The van der Waals surface area contributed by atoms with Crippen LogP contribution in [0.4, 0.5) is 5.69 Å². The molecule has 2 aromatic rings. The van der Waals surface area contributed by atoms with Gasteiger partial charge in [-0.05, 0) is 72.6 Å². The number of hydrogen-bond donors (Lipinski definition) is 1. The fourth-order valence-electron chi connectivity index (χ4n) is 2.55. The van der Waals surface area contributed by atoms with Gasteiger partial charge in [0.1, 0.15) is 5.75 Å². The first-order valence-electron chi connectivity index (χ1n) is 8.61. The molecule has 0 saturated carbocycles. The average Bonchev–Trinajstić information content (AvgIpc) is 2.91. The normalized spacial score (nSPS) is 16.8. The van der Waals surface area contributed by atoms with Crippen LogP contribution in [0.2, 0.25) is 0 Å². The van der Waals surface area contributed by atoms with Crippen LogP contribution in [0.15, 0.2) is 52.4 Å². The molecular weight excluding hydrogens is 376 g/mol. The number of aliphatic imine (C=N–C) groups is 1. The molecule has 28 heavy (non-hydrogen) atoms. The first-order valence-corrected chi connectivity index (χ1v) is 9.43. The second-order valence-corrected chi connectivity index (χ2v) is 7.40. The summed E-state index contributed by atoms with van der Waals surface area (Å²) in [6.07, 6.45) is 1.75. The molecule has 0 atom stereocenters. The van der Waals surface area contributed by atoms with Crippen molar-refractivity contribution in [2.24, 2.45) is 4.99 Å². The summed E-state index contributed by atoms with van der Waals surface area (Å²) in [5, 5.41) is 9.33. The minimum atomic E-state index is -1.04. The van der Waals surface area contributed by atoms with Gasteiger partial charge in [0.05, 0.1) is 10.6 Å². The van der Waals surface area contributed by atoms with E-state index in [4.69, 9.17) is 9.84 Å². The Hall–Kier alpha value is -3.06. The maximum atomic E-state index is 12.6. The molecular formula is C21H20N2O4S. The number of ether oxygens (including phenoxy) is 1. The van der Waals surface area contributed by atoms with E-state index in [9.17, 15) is 9.59 Å². The molecule has 2 aromatic carbocycles. The van der Waals surface area contributed by atoms with E-state index in [0.717, 1.165) is 16.8 Å². The van der Waals surface area contributed by atoms with Gasteiger partial charge in [0.15, 0.2) is 11.8 Å². The van der Waals surface area contributed by atoms with Gasteiger partial charge in [0.2, 0.25) is 0 Å². The second-order valence-electron chi connectivity index (χ2n) is 6.39. The highest BCUT2D eigenvalue weighted by molar-refractivity contribution is 8.18. The van der Waals surface area contributed by atoms with Gasteiger partial charge < -0.3 is 9.84 Å². The lowest BCUT2D eigenvalue weighted by molar-refractivity contribution is -0.139. The Kier molecular flexibility index (Phi) is 5.84. The Morgan fingerprint density at radius 1 is 1.21 bits per heavy atom. The number of carboxylic acids is 1. The summed E-state index contributed by atoms with van der Waals surface area (Å²) >= 11 is 1.30. The van der Waals surface area contributed by atoms with E-state index >= 15 is 0 Å². The van der Waals surface area contributed by atoms with Crippen LogP contribution in [0.1, 0.15) is 16.7 Å². The first kappa shape index (κ1) is 19.7. The molecule has 0 radical (unpaired) electrons. The highest BCUT2D eigenvalue weighted by Gasteiger charge is 2.30. The average molecular weight is 396 g/mol. The van der Waals surface area contributed by atoms with Crippen molar-refractivity contribution in [1.29, 1.82) is 0 Å². The lowest BCUT2D eigenvalue weighted by atomic mass is 10.1. The zero-order valence-electron chi connectivity index (χ0n) is 15.8. The summed E-state index contributed by atoms with van der Waals surface area (Å²) in [6, 6.07) is 12.9. The van der Waals surface area contributed by atoms with Crippen molar-refractivity contribution in [2.45, 2.75) is 13.8 Å². The minimum absolute atomic E-state index is 0.135. The molecule has 7 heteroatoms. The third-order valence-corrected chi connectivity index (χ3v) is 5.30. The predicted molar refractivity (Wildman–Crippen MR) is 111 cm³/mol. The summed E-state index contributed by atoms with van der Waals surface area (Å²) in [5.74, 6) is -0.742. The van der Waals surface area contributed by atoms with Crippen LogP contribution in [0, 0.1) is 13.8 Å². The number of carbonyl (C=O) groups excluding carboxylic acids is 1. The number of thioether (sulfide) groups is 1. The number of hydrogen-bond acceptors (Lipinski definition) is 5.